The number of hydrogen-bond acceptors (Lipinski definition) is 6. The van der Waals surface area contributed by atoms with Crippen molar-refractivity contribution >= 4 is 23.4 Å². The Balaban J connectivity index is 2.36. The molecule has 2 N–H and O–H groups in total. The molecule has 2 saturated heterocycles. The molecule has 0 unspecified atom stereocenters. The van der Waals surface area contributed by atoms with Gasteiger partial charge in [-0.15, -0.1) is 0 Å². The van der Waals surface area contributed by atoms with Gasteiger partial charge < -0.3 is 20.4 Å². The molecule has 2 rings (SSSR count). The minimum atomic E-state index is -0.189. The van der Waals surface area contributed by atoms with Gasteiger partial charge in [0.1, 0.15) is 11.6 Å². The van der Waals surface area contributed by atoms with E-state index in [2.05, 4.69) is 66.0 Å². The summed E-state index contributed by atoms with van der Waals surface area (Å²) in [6.07, 6.45) is 2.76. The van der Waals surface area contributed by atoms with Gasteiger partial charge in [-0.1, -0.05) is 0 Å². The number of carbonyl (C=O) groups is 4. The van der Waals surface area contributed by atoms with Crippen LogP contribution < -0.4 is 10.6 Å². The lowest BCUT2D eigenvalue weighted by Gasteiger charge is -2.51. The van der Waals surface area contributed by atoms with Crippen LogP contribution in [0.4, 0.5) is 0 Å². The average molecular weight is 507 g/mol. The van der Waals surface area contributed by atoms with Gasteiger partial charge in [0.15, 0.2) is 0 Å². The Bertz CT molecular complexity index is 760. The number of ketones is 2. The van der Waals surface area contributed by atoms with Crippen LogP contribution in [0.15, 0.2) is 0 Å². The molecule has 8 nitrogen and oxygen atoms in total. The van der Waals surface area contributed by atoms with Crippen molar-refractivity contribution in [3.8, 4) is 0 Å². The van der Waals surface area contributed by atoms with Crippen LogP contribution >= 0.6 is 0 Å². The second kappa shape index (κ2) is 10.9. The Morgan fingerprint density at radius 2 is 0.833 bits per heavy atom. The summed E-state index contributed by atoms with van der Waals surface area (Å²) in [5.41, 5.74) is -0.689. The van der Waals surface area contributed by atoms with Crippen molar-refractivity contribution in [3.63, 3.8) is 0 Å². The standard InChI is InChI=1S/C28H50N4O4/c1-19(33)13-23(35)31(21-15-25(3,4)29-26(5,6)16-21)11-12-32(24(36)14-20(2)34)22-17-27(7,8)30-28(9,10)18-22/h21-22,29-30H,11-18H2,1-10H3. The first-order valence-corrected chi connectivity index (χ1v) is 13.4. The number of rotatable bonds is 9. The van der Waals surface area contributed by atoms with Gasteiger partial charge in [0, 0.05) is 47.3 Å². The van der Waals surface area contributed by atoms with Crippen molar-refractivity contribution in [2.75, 3.05) is 13.1 Å². The summed E-state index contributed by atoms with van der Waals surface area (Å²) in [6, 6.07) is -0.0949. The molecular weight excluding hydrogens is 456 g/mol. The van der Waals surface area contributed by atoms with Crippen molar-refractivity contribution in [1.29, 1.82) is 0 Å². The molecule has 2 aliphatic heterocycles. The first-order chi connectivity index (χ1) is 16.2. The molecule has 2 heterocycles. The molecule has 0 saturated carbocycles. The highest BCUT2D eigenvalue weighted by molar-refractivity contribution is 5.97. The number of carbonyl (C=O) groups excluding carboxylic acids is 4. The van der Waals surface area contributed by atoms with Crippen molar-refractivity contribution in [2.24, 2.45) is 0 Å². The molecule has 0 aromatic carbocycles. The predicted molar refractivity (Wildman–Crippen MR) is 143 cm³/mol. The molecule has 0 aromatic heterocycles. The molecule has 2 aliphatic rings. The molecule has 0 aliphatic carbocycles. The van der Waals surface area contributed by atoms with Gasteiger partial charge >= 0.3 is 0 Å². The lowest BCUT2D eigenvalue weighted by atomic mass is 9.78. The zero-order chi connectivity index (χ0) is 27.7. The quantitative estimate of drug-likeness (QED) is 0.466. The monoisotopic (exact) mass is 506 g/mol. The summed E-state index contributed by atoms with van der Waals surface area (Å²) in [4.78, 5) is 54.1. The van der Waals surface area contributed by atoms with Gasteiger partial charge in [-0.2, -0.15) is 0 Å². The van der Waals surface area contributed by atoms with Gasteiger partial charge in [-0.05, 0) is 94.9 Å². The number of hydrogen-bond donors (Lipinski definition) is 2. The van der Waals surface area contributed by atoms with E-state index < -0.39 is 0 Å². The summed E-state index contributed by atoms with van der Waals surface area (Å²) in [5, 5.41) is 7.31. The highest BCUT2D eigenvalue weighted by Gasteiger charge is 2.43. The third-order valence-corrected chi connectivity index (χ3v) is 7.24. The van der Waals surface area contributed by atoms with E-state index in [9.17, 15) is 19.2 Å². The van der Waals surface area contributed by atoms with Crippen LogP contribution in [0.3, 0.4) is 0 Å². The molecule has 0 bridgehead atoms. The van der Waals surface area contributed by atoms with Crippen molar-refractivity contribution < 1.29 is 19.2 Å². The highest BCUT2D eigenvalue weighted by Crippen LogP contribution is 2.34. The Kier molecular flexibility index (Phi) is 9.21. The van der Waals surface area contributed by atoms with E-state index in [4.69, 9.17) is 0 Å². The zero-order valence-electron chi connectivity index (χ0n) is 24.3. The third kappa shape index (κ3) is 8.94. The van der Waals surface area contributed by atoms with E-state index in [1.54, 1.807) is 0 Å². The first-order valence-electron chi connectivity index (χ1n) is 13.4. The van der Waals surface area contributed by atoms with E-state index in [0.717, 1.165) is 25.7 Å². The van der Waals surface area contributed by atoms with Crippen LogP contribution in [0.2, 0.25) is 0 Å². The fraction of sp³-hybridized carbons (Fsp3) is 0.857. The molecule has 0 aromatic rings. The lowest BCUT2D eigenvalue weighted by Crippen LogP contribution is -2.64. The van der Waals surface area contributed by atoms with E-state index in [0.29, 0.717) is 13.1 Å². The van der Waals surface area contributed by atoms with Crippen molar-refractivity contribution in [2.45, 2.75) is 142 Å². The van der Waals surface area contributed by atoms with Gasteiger partial charge in [-0.3, -0.25) is 19.2 Å². The molecule has 206 valence electrons. The highest BCUT2D eigenvalue weighted by atomic mass is 16.2. The zero-order valence-corrected chi connectivity index (χ0v) is 24.3. The van der Waals surface area contributed by atoms with Gasteiger partial charge in [0.2, 0.25) is 11.8 Å². The fourth-order valence-corrected chi connectivity index (χ4v) is 6.84. The minimum absolute atomic E-state index is 0.0474. The Hall–Kier alpha value is -1.80. The smallest absolute Gasteiger partial charge is 0.230 e. The average Bonchev–Trinajstić information content (AvgIpc) is 2.58. The number of Topliss-reactive ketones (excluding diaryl/α,β-unsaturated/α-hetero) is 2. The topological polar surface area (TPSA) is 98.8 Å². The minimum Gasteiger partial charge on any atom is -0.337 e. The fourth-order valence-electron chi connectivity index (χ4n) is 6.84. The van der Waals surface area contributed by atoms with Gasteiger partial charge in [0.25, 0.3) is 0 Å². The van der Waals surface area contributed by atoms with Crippen LogP contribution in [-0.4, -0.2) is 80.5 Å². The van der Waals surface area contributed by atoms with Crippen LogP contribution in [0.25, 0.3) is 0 Å². The third-order valence-electron chi connectivity index (χ3n) is 7.24. The second-order valence-electron chi connectivity index (χ2n) is 13.8. The maximum atomic E-state index is 13.3. The molecule has 2 fully saturated rings. The van der Waals surface area contributed by atoms with Crippen LogP contribution in [0.1, 0.15) is 108 Å². The molecule has 0 spiro atoms. The summed E-state index contributed by atoms with van der Waals surface area (Å²) < 4.78 is 0. The molecule has 8 heteroatoms. The van der Waals surface area contributed by atoms with E-state index in [1.165, 1.54) is 13.8 Å². The SMILES string of the molecule is CC(=O)CC(=O)N(CCN(C(=O)CC(C)=O)C1CC(C)(C)NC(C)(C)C1)C1CC(C)(C)NC(C)(C)C1. The van der Waals surface area contributed by atoms with Gasteiger partial charge in [0.05, 0.1) is 12.8 Å². The number of nitrogens with one attached hydrogen (secondary N) is 2. The van der Waals surface area contributed by atoms with Crippen LogP contribution in [0, 0.1) is 0 Å². The Labute approximate surface area is 218 Å². The number of nitrogens with zero attached hydrogens (tertiary/aromatic N) is 2. The van der Waals surface area contributed by atoms with Crippen LogP contribution in [0.5, 0.6) is 0 Å². The maximum Gasteiger partial charge on any atom is 0.230 e. The lowest BCUT2D eigenvalue weighted by molar-refractivity contribution is -0.143. The van der Waals surface area contributed by atoms with E-state index >= 15 is 0 Å². The summed E-state index contributed by atoms with van der Waals surface area (Å²) >= 11 is 0. The summed E-state index contributed by atoms with van der Waals surface area (Å²) in [6.45, 7) is 20.6. The Morgan fingerprint density at radius 3 is 1.06 bits per heavy atom. The molecule has 0 radical (unpaired) electrons. The van der Waals surface area contributed by atoms with Crippen LogP contribution in [-0.2, 0) is 19.2 Å². The predicted octanol–water partition coefficient (Wildman–Crippen LogP) is 3.22. The largest absolute Gasteiger partial charge is 0.337 e. The van der Waals surface area contributed by atoms with Gasteiger partial charge in [-0.25, -0.2) is 0 Å². The molecular formula is C28H50N4O4. The summed E-state index contributed by atoms with van der Waals surface area (Å²) in [5.74, 6) is -0.704. The molecule has 2 amide bonds. The Morgan fingerprint density at radius 1 is 0.583 bits per heavy atom. The van der Waals surface area contributed by atoms with Crippen molar-refractivity contribution in [3.05, 3.63) is 0 Å². The summed E-state index contributed by atoms with van der Waals surface area (Å²) in [7, 11) is 0. The molecule has 36 heavy (non-hydrogen) atoms. The molecule has 0 atom stereocenters. The van der Waals surface area contributed by atoms with Crippen molar-refractivity contribution in [1.82, 2.24) is 20.4 Å². The number of piperidine rings is 2. The van der Waals surface area contributed by atoms with E-state index in [-0.39, 0.29) is 70.5 Å². The van der Waals surface area contributed by atoms with E-state index in [1.807, 2.05) is 9.80 Å². The number of amides is 2. The maximum absolute atomic E-state index is 13.3. The second-order valence-corrected chi connectivity index (χ2v) is 13.8. The normalized spacial score (nSPS) is 23.1. The first kappa shape index (κ1) is 30.4.